The molecule has 21 heavy (non-hydrogen) atoms. The Morgan fingerprint density at radius 1 is 1.29 bits per heavy atom. The molecule has 1 aliphatic heterocycles. The first-order valence-electron chi connectivity index (χ1n) is 6.96. The summed E-state index contributed by atoms with van der Waals surface area (Å²) in [6.45, 7) is 2.93. The number of H-pyrrole nitrogens is 1. The van der Waals surface area contributed by atoms with E-state index in [-0.39, 0.29) is 0 Å². The second-order valence-corrected chi connectivity index (χ2v) is 5.67. The molecule has 0 amide bonds. The Labute approximate surface area is 131 Å². The largest absolute Gasteiger partial charge is 0.486 e. The third-order valence-electron chi connectivity index (χ3n) is 3.22. The Morgan fingerprint density at radius 2 is 2.19 bits per heavy atom. The van der Waals surface area contributed by atoms with Gasteiger partial charge in [0.2, 0.25) is 0 Å². The minimum Gasteiger partial charge on any atom is -0.486 e. The number of nitrogens with one attached hydrogen (secondary N) is 2. The minimum absolute atomic E-state index is 0.602. The van der Waals surface area contributed by atoms with Crippen molar-refractivity contribution in [1.82, 2.24) is 20.5 Å². The average molecular weight is 353 g/mol. The lowest BCUT2D eigenvalue weighted by molar-refractivity contribution is 0.170. The van der Waals surface area contributed by atoms with Gasteiger partial charge < -0.3 is 14.8 Å². The van der Waals surface area contributed by atoms with Gasteiger partial charge in [0, 0.05) is 13.0 Å². The fourth-order valence-corrected chi connectivity index (χ4v) is 2.84. The number of fused-ring (bicyclic) bond motifs is 1. The second-order valence-electron chi connectivity index (χ2n) is 4.81. The van der Waals surface area contributed by atoms with Crippen molar-refractivity contribution in [2.75, 3.05) is 19.8 Å². The summed E-state index contributed by atoms with van der Waals surface area (Å²) in [6.07, 6.45) is 3.45. The average Bonchev–Trinajstić information content (AvgIpc) is 3.00. The van der Waals surface area contributed by atoms with Gasteiger partial charge in [-0.05, 0) is 46.6 Å². The first-order valence-corrected chi connectivity index (χ1v) is 7.75. The van der Waals surface area contributed by atoms with Crippen molar-refractivity contribution in [2.45, 2.75) is 19.4 Å². The molecule has 3 rings (SSSR count). The highest BCUT2D eigenvalue weighted by molar-refractivity contribution is 9.10. The Morgan fingerprint density at radius 3 is 3.05 bits per heavy atom. The van der Waals surface area contributed by atoms with Crippen molar-refractivity contribution in [1.29, 1.82) is 0 Å². The Kier molecular flexibility index (Phi) is 4.72. The molecule has 2 N–H and O–H groups in total. The maximum atomic E-state index is 5.62. The fraction of sp³-hybridized carbons (Fsp3) is 0.429. The summed E-state index contributed by atoms with van der Waals surface area (Å²) >= 11 is 3.53. The van der Waals surface area contributed by atoms with Gasteiger partial charge in [0.05, 0.1) is 4.47 Å². The van der Waals surface area contributed by atoms with E-state index in [1.807, 2.05) is 6.07 Å². The number of benzene rings is 1. The van der Waals surface area contributed by atoms with Crippen molar-refractivity contribution in [3.05, 3.63) is 34.3 Å². The summed E-state index contributed by atoms with van der Waals surface area (Å²) in [6, 6.07) is 4.10. The molecule has 7 heteroatoms. The molecule has 0 bridgehead atoms. The van der Waals surface area contributed by atoms with E-state index in [0.717, 1.165) is 47.7 Å². The molecule has 0 saturated heterocycles. The maximum absolute atomic E-state index is 5.62. The number of aromatic amines is 1. The zero-order valence-electron chi connectivity index (χ0n) is 11.6. The van der Waals surface area contributed by atoms with Gasteiger partial charge in [0.25, 0.3) is 0 Å². The number of rotatable bonds is 6. The molecule has 1 aromatic carbocycles. The third kappa shape index (κ3) is 3.74. The predicted octanol–water partition coefficient (Wildman–Crippen LogP) is 2.06. The molecule has 6 nitrogen and oxygen atoms in total. The van der Waals surface area contributed by atoms with Crippen LogP contribution in [-0.4, -0.2) is 34.9 Å². The summed E-state index contributed by atoms with van der Waals surface area (Å²) in [5, 5.41) is 10.1. The summed E-state index contributed by atoms with van der Waals surface area (Å²) in [4.78, 5) is 4.10. The van der Waals surface area contributed by atoms with Gasteiger partial charge in [-0.2, -0.15) is 5.10 Å². The summed E-state index contributed by atoms with van der Waals surface area (Å²) in [7, 11) is 0. The minimum atomic E-state index is 0.602. The monoisotopic (exact) mass is 352 g/mol. The highest BCUT2D eigenvalue weighted by Gasteiger charge is 2.16. The van der Waals surface area contributed by atoms with Gasteiger partial charge in [-0.25, -0.2) is 4.98 Å². The van der Waals surface area contributed by atoms with Crippen LogP contribution in [0.25, 0.3) is 0 Å². The zero-order valence-corrected chi connectivity index (χ0v) is 13.1. The number of halogens is 1. The molecule has 1 aliphatic rings. The van der Waals surface area contributed by atoms with Crippen LogP contribution in [0.1, 0.15) is 17.8 Å². The molecule has 0 fully saturated rings. The fourth-order valence-electron chi connectivity index (χ4n) is 2.23. The van der Waals surface area contributed by atoms with E-state index >= 15 is 0 Å². The van der Waals surface area contributed by atoms with Crippen LogP contribution in [0.3, 0.4) is 0 Å². The third-order valence-corrected chi connectivity index (χ3v) is 3.81. The van der Waals surface area contributed by atoms with Crippen LogP contribution in [0.2, 0.25) is 0 Å². The summed E-state index contributed by atoms with van der Waals surface area (Å²) < 4.78 is 12.1. The highest BCUT2D eigenvalue weighted by atomic mass is 79.9. The molecule has 2 aromatic rings. The molecule has 0 aliphatic carbocycles. The van der Waals surface area contributed by atoms with E-state index in [0.29, 0.717) is 13.2 Å². The quantitative estimate of drug-likeness (QED) is 0.778. The maximum Gasteiger partial charge on any atom is 0.175 e. The van der Waals surface area contributed by atoms with Crippen molar-refractivity contribution in [3.63, 3.8) is 0 Å². The lowest BCUT2D eigenvalue weighted by atomic mass is 10.2. The molecule has 0 atom stereocenters. The van der Waals surface area contributed by atoms with Crippen molar-refractivity contribution >= 4 is 15.9 Å². The number of hydrogen-bond acceptors (Lipinski definition) is 5. The second kappa shape index (κ2) is 6.91. The SMILES string of the molecule is Brc1cc(CNCCCc2ncn[nH]2)cc2c1OCCO2. The normalized spacial score (nSPS) is 13.4. The van der Waals surface area contributed by atoms with Crippen molar-refractivity contribution in [3.8, 4) is 11.5 Å². The van der Waals surface area contributed by atoms with Gasteiger partial charge in [-0.1, -0.05) is 0 Å². The predicted molar refractivity (Wildman–Crippen MR) is 81.5 cm³/mol. The highest BCUT2D eigenvalue weighted by Crippen LogP contribution is 2.38. The lowest BCUT2D eigenvalue weighted by Crippen LogP contribution is -2.18. The van der Waals surface area contributed by atoms with Crippen LogP contribution in [0, 0.1) is 0 Å². The Hall–Kier alpha value is -1.60. The molecule has 112 valence electrons. The number of aromatic nitrogens is 3. The molecule has 2 heterocycles. The van der Waals surface area contributed by atoms with Crippen LogP contribution in [0.15, 0.2) is 22.9 Å². The Bertz CT molecular complexity index is 589. The summed E-state index contributed by atoms with van der Waals surface area (Å²) in [5.74, 6) is 2.54. The summed E-state index contributed by atoms with van der Waals surface area (Å²) in [5.41, 5.74) is 1.17. The smallest absolute Gasteiger partial charge is 0.175 e. The van der Waals surface area contributed by atoms with Crippen molar-refractivity contribution in [2.24, 2.45) is 0 Å². The van der Waals surface area contributed by atoms with Gasteiger partial charge in [-0.15, -0.1) is 0 Å². The molecular weight excluding hydrogens is 336 g/mol. The lowest BCUT2D eigenvalue weighted by Gasteiger charge is -2.20. The Balaban J connectivity index is 1.48. The van der Waals surface area contributed by atoms with Gasteiger partial charge in [0.15, 0.2) is 11.5 Å². The van der Waals surface area contributed by atoms with Gasteiger partial charge in [-0.3, -0.25) is 5.10 Å². The van der Waals surface area contributed by atoms with Gasteiger partial charge in [0.1, 0.15) is 25.4 Å². The number of hydrogen-bond donors (Lipinski definition) is 2. The van der Waals surface area contributed by atoms with Crippen LogP contribution >= 0.6 is 15.9 Å². The van der Waals surface area contributed by atoms with Crippen LogP contribution in [0.4, 0.5) is 0 Å². The standard InChI is InChI=1S/C14H17BrN4O2/c15-11-6-10(7-12-14(11)21-5-4-20-12)8-16-3-1-2-13-17-9-18-19-13/h6-7,9,16H,1-5,8H2,(H,17,18,19). The molecule has 0 radical (unpaired) electrons. The number of ether oxygens (including phenoxy) is 2. The number of nitrogens with zero attached hydrogens (tertiary/aromatic N) is 2. The van der Waals surface area contributed by atoms with E-state index in [2.05, 4.69) is 42.5 Å². The first-order chi connectivity index (χ1) is 10.3. The van der Waals surface area contributed by atoms with Crippen LogP contribution in [-0.2, 0) is 13.0 Å². The first kappa shape index (κ1) is 14.3. The van der Waals surface area contributed by atoms with Crippen molar-refractivity contribution < 1.29 is 9.47 Å². The van der Waals surface area contributed by atoms with Crippen LogP contribution in [0.5, 0.6) is 11.5 Å². The molecule has 1 aromatic heterocycles. The van der Waals surface area contributed by atoms with Gasteiger partial charge >= 0.3 is 0 Å². The molecule has 0 saturated carbocycles. The van der Waals surface area contributed by atoms with Crippen LogP contribution < -0.4 is 14.8 Å². The zero-order chi connectivity index (χ0) is 14.5. The number of aryl methyl sites for hydroxylation is 1. The molecular formula is C14H17BrN4O2. The van der Waals surface area contributed by atoms with E-state index in [1.165, 1.54) is 11.9 Å². The van der Waals surface area contributed by atoms with E-state index in [9.17, 15) is 0 Å². The van der Waals surface area contributed by atoms with E-state index in [4.69, 9.17) is 9.47 Å². The van der Waals surface area contributed by atoms with E-state index in [1.54, 1.807) is 0 Å². The van der Waals surface area contributed by atoms with E-state index < -0.39 is 0 Å². The molecule has 0 unspecified atom stereocenters. The topological polar surface area (TPSA) is 72.1 Å². The molecule has 0 spiro atoms.